The monoisotopic (exact) mass is 440 g/mol. The minimum absolute atomic E-state index is 0.00618. The van der Waals surface area contributed by atoms with Gasteiger partial charge in [-0.2, -0.15) is 0 Å². The zero-order valence-corrected chi connectivity index (χ0v) is 17.8. The van der Waals surface area contributed by atoms with Crippen LogP contribution >= 0.6 is 11.6 Å². The van der Waals surface area contributed by atoms with E-state index in [1.165, 1.54) is 23.8 Å². The van der Waals surface area contributed by atoms with Gasteiger partial charge in [-0.15, -0.1) is 10.2 Å². The molecule has 8 heteroatoms. The summed E-state index contributed by atoms with van der Waals surface area (Å²) in [5.74, 6) is 0.254. The lowest BCUT2D eigenvalue weighted by Gasteiger charge is -2.50. The van der Waals surface area contributed by atoms with E-state index in [-0.39, 0.29) is 22.8 Å². The van der Waals surface area contributed by atoms with E-state index < -0.39 is 5.82 Å². The zero-order chi connectivity index (χ0) is 21.6. The van der Waals surface area contributed by atoms with E-state index in [9.17, 15) is 9.18 Å². The van der Waals surface area contributed by atoms with E-state index in [1.54, 1.807) is 11.8 Å². The number of halogens is 2. The topological polar surface area (TPSA) is 62.5 Å². The fourth-order valence-corrected chi connectivity index (χ4v) is 5.01. The molecule has 160 valence electrons. The molecular formula is C23H22ClFN4O2. The molecule has 0 bridgehead atoms. The number of likely N-dealkylation sites (tertiary alicyclic amines) is 2. The standard InChI is InChI=1S/C23H22ClFN4O2/c1-15-26-27-21(31-15)19-11-28(10-16-5-3-2-4-6-16)12-23(19)13-29(14-23)22(30)18-9-17(24)7-8-20(18)25/h2-9,19H,10-14H2,1H3. The molecule has 1 spiro atoms. The van der Waals surface area contributed by atoms with E-state index in [1.807, 2.05) is 18.2 Å². The second kappa shape index (κ2) is 7.73. The molecule has 0 radical (unpaired) electrons. The van der Waals surface area contributed by atoms with E-state index in [4.69, 9.17) is 16.0 Å². The van der Waals surface area contributed by atoms with Crippen LogP contribution in [0.1, 0.15) is 33.6 Å². The summed E-state index contributed by atoms with van der Waals surface area (Å²) >= 11 is 5.98. The van der Waals surface area contributed by atoms with Gasteiger partial charge in [-0.3, -0.25) is 9.69 Å². The lowest BCUT2D eigenvalue weighted by atomic mass is 9.71. The molecule has 1 aromatic heterocycles. The van der Waals surface area contributed by atoms with Crippen LogP contribution < -0.4 is 0 Å². The minimum Gasteiger partial charge on any atom is -0.425 e. The summed E-state index contributed by atoms with van der Waals surface area (Å²) in [6.07, 6.45) is 0. The zero-order valence-electron chi connectivity index (χ0n) is 17.1. The molecule has 6 nitrogen and oxygen atoms in total. The highest BCUT2D eigenvalue weighted by atomic mass is 35.5. The van der Waals surface area contributed by atoms with Crippen molar-refractivity contribution in [3.63, 3.8) is 0 Å². The van der Waals surface area contributed by atoms with Crippen molar-refractivity contribution < 1.29 is 13.6 Å². The van der Waals surface area contributed by atoms with Gasteiger partial charge in [-0.1, -0.05) is 41.9 Å². The maximum absolute atomic E-state index is 14.2. The van der Waals surface area contributed by atoms with Crippen molar-refractivity contribution in [3.8, 4) is 0 Å². The van der Waals surface area contributed by atoms with Gasteiger partial charge in [0, 0.05) is 50.1 Å². The number of carbonyl (C=O) groups excluding carboxylic acids is 1. The molecule has 1 amide bonds. The van der Waals surface area contributed by atoms with Gasteiger partial charge in [-0.25, -0.2) is 4.39 Å². The van der Waals surface area contributed by atoms with Gasteiger partial charge >= 0.3 is 0 Å². The first-order valence-electron chi connectivity index (χ1n) is 10.2. The molecule has 1 unspecified atom stereocenters. The lowest BCUT2D eigenvalue weighted by molar-refractivity contribution is -0.000964. The van der Waals surface area contributed by atoms with Crippen molar-refractivity contribution >= 4 is 17.5 Å². The van der Waals surface area contributed by atoms with Crippen molar-refractivity contribution in [2.75, 3.05) is 26.2 Å². The van der Waals surface area contributed by atoms with Crippen LogP contribution in [0.2, 0.25) is 5.02 Å². The second-order valence-electron chi connectivity index (χ2n) is 8.51. The molecule has 0 aliphatic carbocycles. The van der Waals surface area contributed by atoms with Crippen molar-refractivity contribution in [1.29, 1.82) is 0 Å². The second-order valence-corrected chi connectivity index (χ2v) is 8.95. The molecule has 31 heavy (non-hydrogen) atoms. The number of amides is 1. The number of aromatic nitrogens is 2. The Hall–Kier alpha value is -2.77. The lowest BCUT2D eigenvalue weighted by Crippen LogP contribution is -2.61. The number of aryl methyl sites for hydroxylation is 1. The molecule has 2 saturated heterocycles. The van der Waals surface area contributed by atoms with E-state index in [0.717, 1.165) is 19.6 Å². The van der Waals surface area contributed by atoms with Crippen molar-refractivity contribution in [3.05, 3.63) is 82.3 Å². The average Bonchev–Trinajstić information content (AvgIpc) is 3.32. The maximum Gasteiger partial charge on any atom is 0.256 e. The van der Waals surface area contributed by atoms with E-state index in [0.29, 0.717) is 29.9 Å². The molecule has 2 aliphatic heterocycles. The number of rotatable bonds is 4. The van der Waals surface area contributed by atoms with Crippen LogP contribution in [0.3, 0.4) is 0 Å². The SMILES string of the molecule is Cc1nnc(C2CN(Cc3ccccc3)CC23CN(C(=O)c2cc(Cl)ccc2F)C3)o1. The fraction of sp³-hybridized carbons (Fsp3) is 0.348. The summed E-state index contributed by atoms with van der Waals surface area (Å²) in [4.78, 5) is 17.0. The van der Waals surface area contributed by atoms with Crippen LogP contribution in [-0.2, 0) is 6.54 Å². The smallest absolute Gasteiger partial charge is 0.256 e. The van der Waals surface area contributed by atoms with Gasteiger partial charge in [0.15, 0.2) is 0 Å². The summed E-state index contributed by atoms with van der Waals surface area (Å²) in [6.45, 7) is 5.17. The van der Waals surface area contributed by atoms with Crippen LogP contribution in [0.5, 0.6) is 0 Å². The van der Waals surface area contributed by atoms with Gasteiger partial charge in [0.25, 0.3) is 5.91 Å². The largest absolute Gasteiger partial charge is 0.425 e. The number of hydrogen-bond donors (Lipinski definition) is 0. The highest BCUT2D eigenvalue weighted by Gasteiger charge is 2.57. The first kappa shape index (κ1) is 20.2. The molecule has 2 aromatic carbocycles. The third-order valence-corrected chi connectivity index (χ3v) is 6.50. The Morgan fingerprint density at radius 1 is 1.19 bits per heavy atom. The Kier molecular flexibility index (Phi) is 5.02. The normalized spacial score (nSPS) is 20.2. The Morgan fingerprint density at radius 3 is 2.68 bits per heavy atom. The number of benzene rings is 2. The molecule has 3 aromatic rings. The van der Waals surface area contributed by atoms with Crippen LogP contribution in [0.15, 0.2) is 52.9 Å². The fourth-order valence-electron chi connectivity index (χ4n) is 4.84. The van der Waals surface area contributed by atoms with Crippen molar-refractivity contribution in [1.82, 2.24) is 20.0 Å². The summed E-state index contributed by atoms with van der Waals surface area (Å²) in [7, 11) is 0. The predicted molar refractivity (Wildman–Crippen MR) is 113 cm³/mol. The minimum atomic E-state index is -0.559. The van der Waals surface area contributed by atoms with Gasteiger partial charge in [0.05, 0.1) is 11.5 Å². The first-order valence-corrected chi connectivity index (χ1v) is 10.6. The third kappa shape index (κ3) is 3.72. The van der Waals surface area contributed by atoms with Gasteiger partial charge in [-0.05, 0) is 23.8 Å². The van der Waals surface area contributed by atoms with Crippen LogP contribution in [-0.4, -0.2) is 52.1 Å². The van der Waals surface area contributed by atoms with Crippen LogP contribution in [0.25, 0.3) is 0 Å². The first-order chi connectivity index (χ1) is 14.9. The molecule has 5 rings (SSSR count). The van der Waals surface area contributed by atoms with Crippen molar-refractivity contribution in [2.45, 2.75) is 19.4 Å². The molecule has 0 N–H and O–H groups in total. The summed E-state index contributed by atoms with van der Waals surface area (Å²) < 4.78 is 20.0. The summed E-state index contributed by atoms with van der Waals surface area (Å²) in [5.41, 5.74) is 1.04. The Bertz CT molecular complexity index is 1110. The molecule has 2 aliphatic rings. The van der Waals surface area contributed by atoms with Gasteiger partial charge in [0.2, 0.25) is 11.8 Å². The third-order valence-electron chi connectivity index (χ3n) is 6.26. The molecular weight excluding hydrogens is 419 g/mol. The Morgan fingerprint density at radius 2 is 1.97 bits per heavy atom. The Balaban J connectivity index is 1.37. The predicted octanol–water partition coefficient (Wildman–Crippen LogP) is 3.91. The van der Waals surface area contributed by atoms with Crippen molar-refractivity contribution in [2.24, 2.45) is 5.41 Å². The van der Waals surface area contributed by atoms with Gasteiger partial charge < -0.3 is 9.32 Å². The molecule has 1 atom stereocenters. The molecule has 2 fully saturated rings. The number of nitrogens with zero attached hydrogens (tertiary/aromatic N) is 4. The molecule has 0 saturated carbocycles. The quantitative estimate of drug-likeness (QED) is 0.615. The van der Waals surface area contributed by atoms with Crippen LogP contribution in [0.4, 0.5) is 4.39 Å². The molecule has 3 heterocycles. The van der Waals surface area contributed by atoms with Crippen LogP contribution in [0, 0.1) is 18.2 Å². The summed E-state index contributed by atoms with van der Waals surface area (Å²) in [5, 5.41) is 8.63. The highest BCUT2D eigenvalue weighted by molar-refractivity contribution is 6.31. The van der Waals surface area contributed by atoms with Gasteiger partial charge in [0.1, 0.15) is 5.82 Å². The Labute approximate surface area is 184 Å². The average molecular weight is 441 g/mol. The van der Waals surface area contributed by atoms with E-state index >= 15 is 0 Å². The number of hydrogen-bond acceptors (Lipinski definition) is 5. The van der Waals surface area contributed by atoms with E-state index in [2.05, 4.69) is 27.2 Å². The maximum atomic E-state index is 14.2. The highest BCUT2D eigenvalue weighted by Crippen LogP contribution is 2.49. The summed E-state index contributed by atoms with van der Waals surface area (Å²) in [6, 6.07) is 14.3. The number of carbonyl (C=O) groups is 1.